The monoisotopic (exact) mass is 400 g/mol. The Morgan fingerprint density at radius 3 is 2.34 bits per heavy atom. The third-order valence-electron chi connectivity index (χ3n) is 5.31. The molecule has 0 amide bonds. The second-order valence-electron chi connectivity index (χ2n) is 8.12. The van der Waals surface area contributed by atoms with Crippen LogP contribution in [-0.2, 0) is 14.3 Å². The van der Waals surface area contributed by atoms with Crippen molar-refractivity contribution in [2.45, 2.75) is 65.8 Å². The van der Waals surface area contributed by atoms with Crippen LogP contribution in [0.1, 0.15) is 57.8 Å². The summed E-state index contributed by atoms with van der Waals surface area (Å²) in [5.74, 6) is -0.985. The third kappa shape index (κ3) is 6.57. The highest BCUT2D eigenvalue weighted by molar-refractivity contribution is 5.89. The van der Waals surface area contributed by atoms with E-state index in [-0.39, 0.29) is 11.8 Å². The number of esters is 2. The molecule has 5 nitrogen and oxygen atoms in total. The van der Waals surface area contributed by atoms with Crippen molar-refractivity contribution < 1.29 is 24.2 Å². The zero-order valence-corrected chi connectivity index (χ0v) is 17.9. The van der Waals surface area contributed by atoms with Crippen molar-refractivity contribution >= 4 is 11.9 Å². The average molecular weight is 401 g/mol. The van der Waals surface area contributed by atoms with Crippen molar-refractivity contribution in [3.05, 3.63) is 59.2 Å². The summed E-state index contributed by atoms with van der Waals surface area (Å²) in [5, 5.41) is 10.4. The maximum Gasteiger partial charge on any atom is 0.338 e. The van der Waals surface area contributed by atoms with Gasteiger partial charge in [-0.1, -0.05) is 43.7 Å². The van der Waals surface area contributed by atoms with Crippen LogP contribution in [0, 0.1) is 11.8 Å². The van der Waals surface area contributed by atoms with Crippen molar-refractivity contribution in [2.75, 3.05) is 0 Å². The second-order valence-corrected chi connectivity index (χ2v) is 8.12. The predicted molar refractivity (Wildman–Crippen MR) is 112 cm³/mol. The van der Waals surface area contributed by atoms with Gasteiger partial charge in [0.15, 0.2) is 0 Å². The molecule has 5 heteroatoms. The highest BCUT2D eigenvalue weighted by atomic mass is 16.6. The first-order valence-corrected chi connectivity index (χ1v) is 10.1. The molecule has 4 atom stereocenters. The lowest BCUT2D eigenvalue weighted by molar-refractivity contribution is -0.149. The fourth-order valence-electron chi connectivity index (χ4n) is 3.74. The van der Waals surface area contributed by atoms with Crippen molar-refractivity contribution in [3.63, 3.8) is 0 Å². The minimum absolute atomic E-state index is 0.0707. The molecule has 0 saturated carbocycles. The summed E-state index contributed by atoms with van der Waals surface area (Å²) in [7, 11) is 0. The van der Waals surface area contributed by atoms with Crippen molar-refractivity contribution in [3.8, 4) is 0 Å². The maximum absolute atomic E-state index is 12.8. The largest absolute Gasteiger partial charge is 0.458 e. The lowest BCUT2D eigenvalue weighted by Gasteiger charge is -2.35. The molecule has 0 aliphatic heterocycles. The first-order chi connectivity index (χ1) is 13.7. The van der Waals surface area contributed by atoms with Crippen LogP contribution in [0.4, 0.5) is 0 Å². The molecule has 1 aromatic rings. The molecule has 0 heterocycles. The van der Waals surface area contributed by atoms with Crippen LogP contribution in [0.5, 0.6) is 0 Å². The molecule has 1 N–H and O–H groups in total. The molecule has 1 aliphatic carbocycles. The van der Waals surface area contributed by atoms with Gasteiger partial charge in [0.25, 0.3) is 0 Å². The number of benzene rings is 1. The highest BCUT2D eigenvalue weighted by Crippen LogP contribution is 2.32. The Kier molecular flexibility index (Phi) is 8.21. The van der Waals surface area contributed by atoms with Crippen LogP contribution in [0.2, 0.25) is 0 Å². The Hall–Kier alpha value is -2.40. The van der Waals surface area contributed by atoms with E-state index in [2.05, 4.69) is 0 Å². The summed E-state index contributed by atoms with van der Waals surface area (Å²) < 4.78 is 11.6. The normalized spacial score (nSPS) is 27.4. The molecule has 0 saturated heterocycles. The van der Waals surface area contributed by atoms with Gasteiger partial charge in [-0.15, -0.1) is 0 Å². The Morgan fingerprint density at radius 2 is 1.76 bits per heavy atom. The van der Waals surface area contributed by atoms with Gasteiger partial charge in [0, 0.05) is 19.3 Å². The molecule has 1 aromatic carbocycles. The van der Waals surface area contributed by atoms with Gasteiger partial charge in [-0.25, -0.2) is 4.79 Å². The molecule has 0 radical (unpaired) electrons. The Morgan fingerprint density at radius 1 is 1.10 bits per heavy atom. The number of ether oxygens (including phenoxy) is 2. The second kappa shape index (κ2) is 10.4. The molecule has 29 heavy (non-hydrogen) atoms. The van der Waals surface area contributed by atoms with Crippen molar-refractivity contribution in [2.24, 2.45) is 11.8 Å². The first-order valence-electron chi connectivity index (χ1n) is 10.1. The lowest BCUT2D eigenvalue weighted by Crippen LogP contribution is -2.41. The van der Waals surface area contributed by atoms with Crippen LogP contribution >= 0.6 is 0 Å². The molecule has 2 rings (SSSR count). The Labute approximate surface area is 173 Å². The van der Waals surface area contributed by atoms with Gasteiger partial charge >= 0.3 is 11.9 Å². The van der Waals surface area contributed by atoms with Gasteiger partial charge in [-0.3, -0.25) is 4.79 Å². The van der Waals surface area contributed by atoms with E-state index in [9.17, 15) is 14.7 Å². The summed E-state index contributed by atoms with van der Waals surface area (Å²) >= 11 is 0. The minimum Gasteiger partial charge on any atom is -0.458 e. The van der Waals surface area contributed by atoms with E-state index in [0.717, 1.165) is 11.1 Å². The van der Waals surface area contributed by atoms with Crippen LogP contribution in [-0.4, -0.2) is 35.4 Å². The number of carbonyl (C=O) groups excluding carboxylic acids is 2. The number of hydrogen-bond donors (Lipinski definition) is 1. The number of carbonyl (C=O) groups is 2. The SMILES string of the molecule is CC(=O)O[C@H]1/C=C(\C)[C@@H](O)CC=C(C)CC(OC(=O)c2ccccc2)[C@H]1C(C)C. The van der Waals surface area contributed by atoms with E-state index in [1.54, 1.807) is 30.3 Å². The van der Waals surface area contributed by atoms with Gasteiger partial charge in [-0.2, -0.15) is 0 Å². The quantitative estimate of drug-likeness (QED) is 0.597. The fraction of sp³-hybridized carbons (Fsp3) is 0.500. The average Bonchev–Trinajstić information content (AvgIpc) is 2.65. The van der Waals surface area contributed by atoms with Gasteiger partial charge in [-0.05, 0) is 50.0 Å². The zero-order valence-electron chi connectivity index (χ0n) is 17.9. The molecule has 1 unspecified atom stereocenters. The number of aliphatic hydroxyl groups is 1. The topological polar surface area (TPSA) is 72.8 Å². The maximum atomic E-state index is 12.8. The number of hydrogen-bond acceptors (Lipinski definition) is 5. The smallest absolute Gasteiger partial charge is 0.338 e. The third-order valence-corrected chi connectivity index (χ3v) is 5.31. The molecular formula is C24H32O5. The molecular weight excluding hydrogens is 368 g/mol. The van der Waals surface area contributed by atoms with Crippen LogP contribution in [0.25, 0.3) is 0 Å². The summed E-state index contributed by atoms with van der Waals surface area (Å²) in [4.78, 5) is 24.6. The van der Waals surface area contributed by atoms with E-state index >= 15 is 0 Å². The van der Waals surface area contributed by atoms with E-state index in [4.69, 9.17) is 9.47 Å². The van der Waals surface area contributed by atoms with Crippen LogP contribution in [0.3, 0.4) is 0 Å². The zero-order chi connectivity index (χ0) is 21.6. The van der Waals surface area contributed by atoms with Gasteiger partial charge in [0.05, 0.1) is 11.7 Å². The van der Waals surface area contributed by atoms with Gasteiger partial charge in [0.2, 0.25) is 0 Å². The molecule has 1 aliphatic rings. The van der Waals surface area contributed by atoms with Crippen LogP contribution in [0.15, 0.2) is 53.6 Å². The first kappa shape index (κ1) is 22.9. The van der Waals surface area contributed by atoms with E-state index < -0.39 is 30.3 Å². The molecule has 158 valence electrons. The van der Waals surface area contributed by atoms with E-state index in [1.807, 2.05) is 39.8 Å². The summed E-state index contributed by atoms with van der Waals surface area (Å²) in [5.41, 5.74) is 2.25. The van der Waals surface area contributed by atoms with Crippen molar-refractivity contribution in [1.82, 2.24) is 0 Å². The van der Waals surface area contributed by atoms with Crippen LogP contribution < -0.4 is 0 Å². The Balaban J connectivity index is 2.45. The minimum atomic E-state index is -0.640. The molecule has 0 aromatic heterocycles. The summed E-state index contributed by atoms with van der Waals surface area (Å²) in [6, 6.07) is 8.88. The fourth-order valence-corrected chi connectivity index (χ4v) is 3.74. The lowest BCUT2D eigenvalue weighted by atomic mass is 9.80. The van der Waals surface area contributed by atoms with E-state index in [0.29, 0.717) is 18.4 Å². The van der Waals surface area contributed by atoms with E-state index in [1.165, 1.54) is 6.92 Å². The van der Waals surface area contributed by atoms with Gasteiger partial charge < -0.3 is 14.6 Å². The van der Waals surface area contributed by atoms with Gasteiger partial charge in [0.1, 0.15) is 12.2 Å². The number of aliphatic hydroxyl groups excluding tert-OH is 1. The Bertz CT molecular complexity index is 763. The highest BCUT2D eigenvalue weighted by Gasteiger charge is 2.36. The standard InChI is InChI=1S/C24H32O5/c1-15(2)23-21(29-24(27)19-9-7-6-8-10-19)13-16(3)11-12-20(26)17(4)14-22(23)28-18(5)25/h6-11,14-15,20-23,26H,12-13H2,1-5H3/b16-11?,17-14+/t20-,21?,22-,23+/m0/s1. The summed E-state index contributed by atoms with van der Waals surface area (Å²) in [6.07, 6.45) is 3.05. The summed E-state index contributed by atoms with van der Waals surface area (Å²) in [6.45, 7) is 9.21. The predicted octanol–water partition coefficient (Wildman–Crippen LogP) is 4.46. The number of rotatable bonds is 4. The van der Waals surface area contributed by atoms with Crippen molar-refractivity contribution in [1.29, 1.82) is 0 Å². The molecule has 0 bridgehead atoms. The molecule has 0 spiro atoms. The molecule has 0 fully saturated rings.